The van der Waals surface area contributed by atoms with Gasteiger partial charge >= 0.3 is 0 Å². The minimum Gasteiger partial charge on any atom is -0.493 e. The number of aryl methyl sites for hydroxylation is 2. The third kappa shape index (κ3) is 4.44. The maximum Gasteiger partial charge on any atom is 0.193 e. The van der Waals surface area contributed by atoms with Crippen LogP contribution in [0.15, 0.2) is 41.4 Å². The van der Waals surface area contributed by atoms with Gasteiger partial charge in [0.05, 0.1) is 20.8 Å². The Hall–Kier alpha value is -2.69. The van der Waals surface area contributed by atoms with Gasteiger partial charge in [0.2, 0.25) is 0 Å². The molecule has 3 N–H and O–H groups in total. The molecule has 2 rings (SSSR count). The maximum atomic E-state index is 6.13. The quantitative estimate of drug-likeness (QED) is 0.594. The number of methoxy groups -OCH3 is 2. The van der Waals surface area contributed by atoms with Crippen molar-refractivity contribution >= 4 is 11.6 Å². The summed E-state index contributed by atoms with van der Waals surface area (Å²) in [4.78, 5) is 4.47. The van der Waals surface area contributed by atoms with Gasteiger partial charge in [0, 0.05) is 11.3 Å². The van der Waals surface area contributed by atoms with Crippen LogP contribution >= 0.6 is 0 Å². The van der Waals surface area contributed by atoms with E-state index in [9.17, 15) is 0 Å². The first kappa shape index (κ1) is 18.6. The minimum absolute atomic E-state index is 0.389. The molecular formula is C20H27N3O2. The summed E-state index contributed by atoms with van der Waals surface area (Å²) < 4.78 is 10.8. The predicted octanol–water partition coefficient (Wildman–Crippen LogP) is 3.76. The second-order valence-corrected chi connectivity index (χ2v) is 5.64. The van der Waals surface area contributed by atoms with Crippen LogP contribution in [-0.4, -0.2) is 20.2 Å². The molecule has 0 saturated heterocycles. The van der Waals surface area contributed by atoms with E-state index < -0.39 is 0 Å². The Labute approximate surface area is 149 Å². The number of anilines is 1. The van der Waals surface area contributed by atoms with Crippen LogP contribution < -0.4 is 20.5 Å². The van der Waals surface area contributed by atoms with Gasteiger partial charge in [0.15, 0.2) is 17.5 Å². The lowest BCUT2D eigenvalue weighted by molar-refractivity contribution is 0.352. The lowest BCUT2D eigenvalue weighted by atomic mass is 10.0. The zero-order chi connectivity index (χ0) is 18.2. The minimum atomic E-state index is 0.389. The third-order valence-corrected chi connectivity index (χ3v) is 4.16. The van der Waals surface area contributed by atoms with Gasteiger partial charge in [-0.15, -0.1) is 0 Å². The number of nitrogens with zero attached hydrogens (tertiary/aromatic N) is 1. The molecule has 5 nitrogen and oxygen atoms in total. The van der Waals surface area contributed by atoms with Crippen LogP contribution in [0.2, 0.25) is 0 Å². The van der Waals surface area contributed by atoms with Gasteiger partial charge < -0.3 is 20.5 Å². The van der Waals surface area contributed by atoms with Crippen molar-refractivity contribution < 1.29 is 9.47 Å². The lowest BCUT2D eigenvalue weighted by Crippen LogP contribution is -2.24. The first-order chi connectivity index (χ1) is 12.1. The molecule has 134 valence electrons. The van der Waals surface area contributed by atoms with E-state index in [1.165, 1.54) is 11.1 Å². The van der Waals surface area contributed by atoms with Crippen molar-refractivity contribution in [1.29, 1.82) is 0 Å². The monoisotopic (exact) mass is 341 g/mol. The van der Waals surface area contributed by atoms with Gasteiger partial charge in [0.1, 0.15) is 0 Å². The van der Waals surface area contributed by atoms with Crippen LogP contribution in [0.5, 0.6) is 11.5 Å². The first-order valence-electron chi connectivity index (χ1n) is 8.52. The van der Waals surface area contributed by atoms with E-state index in [2.05, 4.69) is 42.4 Å². The zero-order valence-corrected chi connectivity index (χ0v) is 15.4. The third-order valence-electron chi connectivity index (χ3n) is 4.16. The van der Waals surface area contributed by atoms with Crippen LogP contribution in [-0.2, 0) is 19.4 Å². The van der Waals surface area contributed by atoms with Crippen LogP contribution in [0.4, 0.5) is 5.69 Å². The Bertz CT molecular complexity index is 719. The van der Waals surface area contributed by atoms with Crippen LogP contribution in [0, 0.1) is 0 Å². The van der Waals surface area contributed by atoms with Gasteiger partial charge in [-0.1, -0.05) is 44.2 Å². The molecule has 0 aliphatic carbocycles. The highest BCUT2D eigenvalue weighted by atomic mass is 16.5. The smallest absolute Gasteiger partial charge is 0.193 e. The molecule has 0 saturated carbocycles. The summed E-state index contributed by atoms with van der Waals surface area (Å²) in [6, 6.07) is 12.0. The van der Waals surface area contributed by atoms with Gasteiger partial charge in [-0.05, 0) is 30.0 Å². The molecule has 0 spiro atoms. The topological polar surface area (TPSA) is 68.9 Å². The number of nitrogens with one attached hydrogen (secondary N) is 1. The van der Waals surface area contributed by atoms with Gasteiger partial charge in [-0.2, -0.15) is 0 Å². The Balaban J connectivity index is 2.22. The number of hydrogen-bond acceptors (Lipinski definition) is 3. The molecule has 0 bridgehead atoms. The SMILES string of the molecule is CCc1cccc(CC)c1NC(N)=NCc1cccc(OC)c1OC. The van der Waals surface area contributed by atoms with Crippen LogP contribution in [0.1, 0.15) is 30.5 Å². The van der Waals surface area contributed by atoms with Gasteiger partial charge in [0.25, 0.3) is 0 Å². The summed E-state index contributed by atoms with van der Waals surface area (Å²) >= 11 is 0. The Morgan fingerprint density at radius 3 is 2.12 bits per heavy atom. The van der Waals surface area contributed by atoms with Gasteiger partial charge in [-0.25, -0.2) is 4.99 Å². The molecule has 0 aliphatic heterocycles. The summed E-state index contributed by atoms with van der Waals surface area (Å²) in [6.45, 7) is 4.68. The van der Waals surface area contributed by atoms with Crippen molar-refractivity contribution in [2.24, 2.45) is 10.7 Å². The molecule has 0 heterocycles. The van der Waals surface area contributed by atoms with E-state index in [0.29, 0.717) is 24.0 Å². The molecule has 0 fully saturated rings. The average Bonchev–Trinajstić information content (AvgIpc) is 2.65. The van der Waals surface area contributed by atoms with Crippen molar-refractivity contribution in [1.82, 2.24) is 0 Å². The average molecular weight is 341 g/mol. The zero-order valence-electron chi connectivity index (χ0n) is 15.4. The molecule has 25 heavy (non-hydrogen) atoms. The molecule has 0 aromatic heterocycles. The molecule has 2 aromatic carbocycles. The van der Waals surface area contributed by atoms with Crippen LogP contribution in [0.3, 0.4) is 0 Å². The molecule has 0 atom stereocenters. The molecule has 0 aliphatic rings. The number of guanidine groups is 1. The largest absolute Gasteiger partial charge is 0.493 e. The number of hydrogen-bond donors (Lipinski definition) is 2. The predicted molar refractivity (Wildman–Crippen MR) is 104 cm³/mol. The number of para-hydroxylation sites is 2. The standard InChI is InChI=1S/C20H27N3O2/c1-5-14-9-7-10-15(6-2)18(14)23-20(21)22-13-16-11-8-12-17(24-3)19(16)25-4/h7-12H,5-6,13H2,1-4H3,(H3,21,22,23). The first-order valence-corrected chi connectivity index (χ1v) is 8.52. The molecule has 0 unspecified atom stereocenters. The fourth-order valence-electron chi connectivity index (χ4n) is 2.82. The van der Waals surface area contributed by atoms with E-state index in [1.807, 2.05) is 18.2 Å². The number of aliphatic imine (C=N–C) groups is 1. The van der Waals surface area contributed by atoms with E-state index in [-0.39, 0.29) is 0 Å². The van der Waals surface area contributed by atoms with Crippen molar-refractivity contribution in [3.05, 3.63) is 53.1 Å². The van der Waals surface area contributed by atoms with Crippen molar-refractivity contribution in [2.75, 3.05) is 19.5 Å². The fourth-order valence-corrected chi connectivity index (χ4v) is 2.82. The molecular weight excluding hydrogens is 314 g/mol. The highest BCUT2D eigenvalue weighted by Crippen LogP contribution is 2.31. The summed E-state index contributed by atoms with van der Waals surface area (Å²) in [5, 5.41) is 3.27. The Kier molecular flexibility index (Phi) is 6.69. The Morgan fingerprint density at radius 1 is 0.960 bits per heavy atom. The number of ether oxygens (including phenoxy) is 2. The van der Waals surface area contributed by atoms with Crippen molar-refractivity contribution in [3.8, 4) is 11.5 Å². The lowest BCUT2D eigenvalue weighted by Gasteiger charge is -2.15. The number of nitrogens with two attached hydrogens (primary N) is 1. The van der Waals surface area contributed by atoms with E-state index in [0.717, 1.165) is 24.1 Å². The molecule has 0 radical (unpaired) electrons. The normalized spacial score (nSPS) is 11.3. The highest BCUT2D eigenvalue weighted by molar-refractivity contribution is 5.93. The van der Waals surface area contributed by atoms with E-state index in [4.69, 9.17) is 15.2 Å². The highest BCUT2D eigenvalue weighted by Gasteiger charge is 2.10. The van der Waals surface area contributed by atoms with Crippen LogP contribution in [0.25, 0.3) is 0 Å². The van der Waals surface area contributed by atoms with E-state index in [1.54, 1.807) is 14.2 Å². The molecule has 5 heteroatoms. The second-order valence-electron chi connectivity index (χ2n) is 5.64. The number of rotatable bonds is 7. The van der Waals surface area contributed by atoms with Crippen molar-refractivity contribution in [3.63, 3.8) is 0 Å². The fraction of sp³-hybridized carbons (Fsp3) is 0.350. The maximum absolute atomic E-state index is 6.13. The van der Waals surface area contributed by atoms with Crippen molar-refractivity contribution in [2.45, 2.75) is 33.2 Å². The summed E-state index contributed by atoms with van der Waals surface area (Å²) in [7, 11) is 3.24. The second kappa shape index (κ2) is 8.97. The molecule has 0 amide bonds. The summed E-state index contributed by atoms with van der Waals surface area (Å²) in [5.74, 6) is 1.76. The Morgan fingerprint density at radius 2 is 1.56 bits per heavy atom. The molecule has 2 aromatic rings. The summed E-state index contributed by atoms with van der Waals surface area (Å²) in [5.41, 5.74) is 10.6. The summed E-state index contributed by atoms with van der Waals surface area (Å²) in [6.07, 6.45) is 1.88. The number of benzene rings is 2. The van der Waals surface area contributed by atoms with E-state index >= 15 is 0 Å². The van der Waals surface area contributed by atoms with Gasteiger partial charge in [-0.3, -0.25) is 0 Å².